The van der Waals surface area contributed by atoms with Crippen molar-refractivity contribution in [3.63, 3.8) is 0 Å². The summed E-state index contributed by atoms with van der Waals surface area (Å²) in [6.45, 7) is -0.0629. The molecule has 0 radical (unpaired) electrons. The highest BCUT2D eigenvalue weighted by atomic mass is 32.1. The number of nitrogens with one attached hydrogen (secondary N) is 2. The van der Waals surface area contributed by atoms with Gasteiger partial charge in [-0.15, -0.1) is 5.10 Å². The number of aliphatic hydroxyl groups excluding tert-OH is 1. The van der Waals surface area contributed by atoms with Crippen LogP contribution in [0.4, 0.5) is 5.95 Å². The molecule has 0 fully saturated rings. The number of H-pyrrole nitrogens is 1. The van der Waals surface area contributed by atoms with Crippen molar-refractivity contribution in [2.24, 2.45) is 7.05 Å². The number of nitrogens with zero attached hydrogens (tertiary/aromatic N) is 3. The summed E-state index contributed by atoms with van der Waals surface area (Å²) >= 11 is 4.87. The van der Waals surface area contributed by atoms with Crippen LogP contribution in [-0.2, 0) is 11.9 Å². The number of rotatable bonds is 4. The maximum atomic E-state index is 8.55. The lowest BCUT2D eigenvalue weighted by Crippen LogP contribution is -2.08. The number of anilines is 1. The van der Waals surface area contributed by atoms with E-state index in [1.165, 1.54) is 0 Å². The molecule has 0 bridgehead atoms. The molecule has 1 aromatic heterocycles. The highest BCUT2D eigenvalue weighted by Gasteiger charge is 2.01. The maximum absolute atomic E-state index is 8.55. The summed E-state index contributed by atoms with van der Waals surface area (Å²) < 4.78 is 2.00. The van der Waals surface area contributed by atoms with Crippen molar-refractivity contribution < 1.29 is 9.94 Å². The standard InChI is InChI=1S/C7H9N5O2S/c1-12-6(9-10-7(12)15)11-14-4-5(2-8)3-13/h3,13H,4H2,1H3,(H,9,11)(H,10,15)/b5-3-. The van der Waals surface area contributed by atoms with Crippen LogP contribution in [0.5, 0.6) is 0 Å². The fourth-order valence-electron chi connectivity index (χ4n) is 0.715. The normalized spacial score (nSPS) is 11.1. The van der Waals surface area contributed by atoms with Crippen LogP contribution in [-0.4, -0.2) is 26.5 Å². The van der Waals surface area contributed by atoms with Gasteiger partial charge in [0.2, 0.25) is 5.95 Å². The third-order valence-electron chi connectivity index (χ3n) is 1.57. The Balaban J connectivity index is 2.49. The third kappa shape index (κ3) is 2.80. The Hall–Kier alpha value is -1.85. The summed E-state index contributed by atoms with van der Waals surface area (Å²) in [5.41, 5.74) is 2.58. The van der Waals surface area contributed by atoms with E-state index in [2.05, 4.69) is 15.7 Å². The lowest BCUT2D eigenvalue weighted by Gasteiger charge is -2.03. The molecule has 0 aliphatic carbocycles. The SMILES string of the molecule is Cn1c(NOC/C(C#N)=C\O)n[nH]c1=S. The van der Waals surface area contributed by atoms with Crippen LogP contribution in [0.3, 0.4) is 0 Å². The van der Waals surface area contributed by atoms with Crippen molar-refractivity contribution in [2.75, 3.05) is 12.1 Å². The molecule has 8 heteroatoms. The fourth-order valence-corrected chi connectivity index (χ4v) is 0.847. The summed E-state index contributed by atoms with van der Waals surface area (Å²) in [6.07, 6.45) is 0.685. The highest BCUT2D eigenvalue weighted by molar-refractivity contribution is 7.71. The third-order valence-corrected chi connectivity index (χ3v) is 1.94. The molecule has 1 heterocycles. The first-order valence-corrected chi connectivity index (χ1v) is 4.32. The van der Waals surface area contributed by atoms with Gasteiger partial charge in [-0.05, 0) is 12.2 Å². The second-order valence-corrected chi connectivity index (χ2v) is 2.95. The van der Waals surface area contributed by atoms with Crippen LogP contribution in [0, 0.1) is 16.1 Å². The highest BCUT2D eigenvalue weighted by Crippen LogP contribution is 2.01. The lowest BCUT2D eigenvalue weighted by molar-refractivity contribution is 0.216. The van der Waals surface area contributed by atoms with Crippen molar-refractivity contribution in [2.45, 2.75) is 0 Å². The van der Waals surface area contributed by atoms with Crippen LogP contribution < -0.4 is 5.48 Å². The monoisotopic (exact) mass is 227 g/mol. The maximum Gasteiger partial charge on any atom is 0.246 e. The first-order chi connectivity index (χ1) is 7.19. The Bertz CT molecular complexity index is 455. The van der Waals surface area contributed by atoms with Gasteiger partial charge in [-0.3, -0.25) is 9.40 Å². The number of aliphatic hydroxyl groups is 1. The molecule has 0 aliphatic heterocycles. The molecular formula is C7H9N5O2S. The summed E-state index contributed by atoms with van der Waals surface area (Å²) in [6, 6.07) is 1.75. The number of aromatic nitrogens is 3. The van der Waals surface area contributed by atoms with E-state index in [0.29, 0.717) is 17.0 Å². The van der Waals surface area contributed by atoms with Gasteiger partial charge in [-0.25, -0.2) is 10.6 Å². The van der Waals surface area contributed by atoms with Gasteiger partial charge in [0.15, 0.2) is 4.77 Å². The Kier molecular flexibility index (Phi) is 3.84. The molecule has 1 aromatic rings. The van der Waals surface area contributed by atoms with Gasteiger partial charge in [-0.2, -0.15) is 5.26 Å². The van der Waals surface area contributed by atoms with E-state index in [4.69, 9.17) is 27.4 Å². The molecule has 0 spiro atoms. The predicted molar refractivity (Wildman–Crippen MR) is 54.3 cm³/mol. The molecule has 0 aromatic carbocycles. The minimum absolute atomic E-state index is 0.0629. The van der Waals surface area contributed by atoms with Crippen LogP contribution in [0.25, 0.3) is 0 Å². The van der Waals surface area contributed by atoms with Crippen molar-refractivity contribution in [3.05, 3.63) is 16.6 Å². The van der Waals surface area contributed by atoms with Gasteiger partial charge in [0.1, 0.15) is 12.7 Å². The molecule has 0 unspecified atom stereocenters. The molecule has 0 atom stereocenters. The summed E-state index contributed by atoms with van der Waals surface area (Å²) in [5.74, 6) is 0.384. The second-order valence-electron chi connectivity index (χ2n) is 2.57. The molecule has 1 rings (SSSR count). The van der Waals surface area contributed by atoms with Crippen LogP contribution >= 0.6 is 12.2 Å². The number of aromatic amines is 1. The Morgan fingerprint density at radius 1 is 1.93 bits per heavy atom. The first kappa shape index (κ1) is 11.2. The quantitative estimate of drug-likeness (QED) is 0.304. The van der Waals surface area contributed by atoms with Gasteiger partial charge < -0.3 is 5.11 Å². The lowest BCUT2D eigenvalue weighted by atomic mass is 10.4. The molecule has 15 heavy (non-hydrogen) atoms. The molecule has 0 saturated heterocycles. The summed E-state index contributed by atoms with van der Waals surface area (Å²) in [7, 11) is 1.70. The van der Waals surface area contributed by atoms with Crippen molar-refractivity contribution in [1.29, 1.82) is 5.26 Å². The van der Waals surface area contributed by atoms with Crippen molar-refractivity contribution in [1.82, 2.24) is 14.8 Å². The average Bonchev–Trinajstić information content (AvgIpc) is 2.56. The van der Waals surface area contributed by atoms with E-state index in [-0.39, 0.29) is 12.2 Å². The Labute approximate surface area is 90.6 Å². The first-order valence-electron chi connectivity index (χ1n) is 3.91. The Morgan fingerprint density at radius 2 is 2.67 bits per heavy atom. The van der Waals surface area contributed by atoms with E-state index in [1.54, 1.807) is 17.7 Å². The van der Waals surface area contributed by atoms with Crippen LogP contribution in [0.2, 0.25) is 0 Å². The summed E-state index contributed by atoms with van der Waals surface area (Å²) in [4.78, 5) is 4.91. The van der Waals surface area contributed by atoms with E-state index in [0.717, 1.165) is 0 Å². The molecule has 3 N–H and O–H groups in total. The number of nitriles is 1. The van der Waals surface area contributed by atoms with E-state index < -0.39 is 0 Å². The number of hydrogen-bond donors (Lipinski definition) is 3. The zero-order valence-electron chi connectivity index (χ0n) is 7.89. The van der Waals surface area contributed by atoms with Gasteiger partial charge in [0.25, 0.3) is 0 Å². The zero-order valence-corrected chi connectivity index (χ0v) is 8.71. The van der Waals surface area contributed by atoms with E-state index >= 15 is 0 Å². The van der Waals surface area contributed by atoms with E-state index in [1.807, 2.05) is 0 Å². The molecule has 80 valence electrons. The second kappa shape index (κ2) is 5.14. The van der Waals surface area contributed by atoms with E-state index in [9.17, 15) is 0 Å². The molecule has 0 amide bonds. The topological polar surface area (TPSA) is 98.9 Å². The van der Waals surface area contributed by atoms with Crippen molar-refractivity contribution >= 4 is 18.2 Å². The zero-order chi connectivity index (χ0) is 11.3. The van der Waals surface area contributed by atoms with Crippen LogP contribution in [0.15, 0.2) is 11.8 Å². The number of hydrogen-bond acceptors (Lipinski definition) is 6. The minimum Gasteiger partial charge on any atom is -0.514 e. The van der Waals surface area contributed by atoms with Gasteiger partial charge in [0, 0.05) is 7.05 Å². The van der Waals surface area contributed by atoms with Gasteiger partial charge >= 0.3 is 0 Å². The van der Waals surface area contributed by atoms with Crippen molar-refractivity contribution in [3.8, 4) is 6.07 Å². The molecule has 0 saturated carbocycles. The predicted octanol–water partition coefficient (Wildman–Crippen LogP) is 0.787. The van der Waals surface area contributed by atoms with Gasteiger partial charge in [0.05, 0.1) is 11.8 Å². The molecule has 0 aliphatic rings. The average molecular weight is 227 g/mol. The minimum atomic E-state index is -0.0629. The smallest absolute Gasteiger partial charge is 0.246 e. The summed E-state index contributed by atoms with van der Waals surface area (Å²) in [5, 5.41) is 23.4. The van der Waals surface area contributed by atoms with Gasteiger partial charge in [-0.1, -0.05) is 0 Å². The fraction of sp³-hybridized carbons (Fsp3) is 0.286. The van der Waals surface area contributed by atoms with Crippen LogP contribution in [0.1, 0.15) is 0 Å². The molecule has 7 nitrogen and oxygen atoms in total. The largest absolute Gasteiger partial charge is 0.514 e. The molecular weight excluding hydrogens is 218 g/mol. The Morgan fingerprint density at radius 3 is 3.13 bits per heavy atom.